The molecular weight excluding hydrogens is 388 g/mol. The second-order valence-corrected chi connectivity index (χ2v) is 11.5. The summed E-state index contributed by atoms with van der Waals surface area (Å²) >= 11 is 3.55. The lowest BCUT2D eigenvalue weighted by atomic mass is 10.2. The van der Waals surface area contributed by atoms with Crippen molar-refractivity contribution < 1.29 is 18.1 Å². The summed E-state index contributed by atoms with van der Waals surface area (Å²) in [5.74, 6) is 3.37. The van der Waals surface area contributed by atoms with Gasteiger partial charge in [0.1, 0.15) is 0 Å². The van der Waals surface area contributed by atoms with Crippen molar-refractivity contribution in [3.63, 3.8) is 0 Å². The lowest BCUT2D eigenvalue weighted by Crippen LogP contribution is -2.46. The summed E-state index contributed by atoms with van der Waals surface area (Å²) < 4.78 is 17.6. The smallest absolute Gasteiger partial charge is 0.374 e. The van der Waals surface area contributed by atoms with Crippen LogP contribution in [0, 0.1) is 0 Å². The van der Waals surface area contributed by atoms with Gasteiger partial charge in [-0.15, -0.1) is 0 Å². The van der Waals surface area contributed by atoms with Gasteiger partial charge in [-0.25, -0.2) is 0 Å². The van der Waals surface area contributed by atoms with Gasteiger partial charge >= 0.3 is 8.80 Å². The number of hydrogen-bond donors (Lipinski definition) is 0. The minimum atomic E-state index is -2.44. The molecule has 0 fully saturated rings. The Labute approximate surface area is 167 Å². The largest absolute Gasteiger partial charge is 0.500 e. The Balaban J connectivity index is 3.64. The Morgan fingerprint density at radius 2 is 1.36 bits per heavy atom. The molecule has 25 heavy (non-hydrogen) atoms. The molecule has 0 atom stereocenters. The van der Waals surface area contributed by atoms with Gasteiger partial charge < -0.3 is 13.3 Å². The monoisotopic (exact) mass is 426 g/mol. The van der Waals surface area contributed by atoms with Gasteiger partial charge in [-0.3, -0.25) is 4.79 Å². The van der Waals surface area contributed by atoms with Crippen molar-refractivity contribution >= 4 is 47.7 Å². The topological polar surface area (TPSA) is 44.8 Å². The number of thioether (sulfide) groups is 2. The van der Waals surface area contributed by atoms with Crippen LogP contribution >= 0.6 is 23.5 Å². The average molecular weight is 427 g/mol. The predicted molar refractivity (Wildman–Crippen MR) is 118 cm³/mol. The van der Waals surface area contributed by atoms with E-state index in [-0.39, 0.29) is 0 Å². The van der Waals surface area contributed by atoms with E-state index >= 15 is 0 Å². The lowest BCUT2D eigenvalue weighted by molar-refractivity contribution is -0.109. The van der Waals surface area contributed by atoms with Crippen LogP contribution in [-0.4, -0.2) is 61.2 Å². The van der Waals surface area contributed by atoms with Gasteiger partial charge in [0.2, 0.25) is 0 Å². The summed E-state index contributed by atoms with van der Waals surface area (Å²) in [6.07, 6.45) is 6.06. The van der Waals surface area contributed by atoms with Gasteiger partial charge in [-0.2, -0.15) is 11.8 Å². The first kappa shape index (κ1) is 25.7. The zero-order valence-corrected chi connectivity index (χ0v) is 21.3. The molecule has 0 spiro atoms. The molecule has 0 aromatic heterocycles. The first-order valence-corrected chi connectivity index (χ1v) is 15.3. The maximum atomic E-state index is 11.2. The zero-order chi connectivity index (χ0) is 18.8. The van der Waals surface area contributed by atoms with Crippen LogP contribution in [0.1, 0.15) is 52.9 Å². The van der Waals surface area contributed by atoms with E-state index in [2.05, 4.69) is 0 Å². The summed E-state index contributed by atoms with van der Waals surface area (Å²) in [5.41, 5.74) is 0. The van der Waals surface area contributed by atoms with E-state index in [0.29, 0.717) is 24.9 Å². The van der Waals surface area contributed by atoms with Gasteiger partial charge in [-0.1, -0.05) is 24.6 Å². The summed E-state index contributed by atoms with van der Waals surface area (Å²) in [4.78, 5) is 11.2. The lowest BCUT2D eigenvalue weighted by Gasteiger charge is -2.28. The predicted octanol–water partition coefficient (Wildman–Crippen LogP) is 3.76. The molecule has 0 aliphatic carbocycles. The molecule has 0 N–H and O–H groups in total. The second kappa shape index (κ2) is 18.1. The first-order chi connectivity index (χ1) is 12.1. The summed E-state index contributed by atoms with van der Waals surface area (Å²) in [7, 11) is -1.44. The zero-order valence-electron chi connectivity index (χ0n) is 16.6. The van der Waals surface area contributed by atoms with Crippen molar-refractivity contribution in [2.45, 2.75) is 65.0 Å². The van der Waals surface area contributed by atoms with Crippen LogP contribution in [0.3, 0.4) is 0 Å². The van der Waals surface area contributed by atoms with Crippen molar-refractivity contribution in [3.8, 4) is 0 Å². The van der Waals surface area contributed by atoms with Gasteiger partial charge in [0.15, 0.2) is 5.12 Å². The van der Waals surface area contributed by atoms with Crippen LogP contribution in [0.15, 0.2) is 0 Å². The molecule has 0 saturated carbocycles. The van der Waals surface area contributed by atoms with Gasteiger partial charge in [0, 0.05) is 47.9 Å². The van der Waals surface area contributed by atoms with E-state index in [4.69, 9.17) is 13.3 Å². The molecule has 0 saturated heterocycles. The van der Waals surface area contributed by atoms with Gasteiger partial charge in [0.05, 0.1) is 0 Å². The number of hydrogen-bond acceptors (Lipinski definition) is 6. The third-order valence-electron chi connectivity index (χ3n) is 3.60. The molecule has 0 aliphatic heterocycles. The minimum absolute atomic E-state index is 0.382. The fourth-order valence-electron chi connectivity index (χ4n) is 2.44. The summed E-state index contributed by atoms with van der Waals surface area (Å²) in [5, 5.41) is 0.382. The van der Waals surface area contributed by atoms with Crippen molar-refractivity contribution in [2.24, 2.45) is 0 Å². The Bertz CT molecular complexity index is 306. The third kappa shape index (κ3) is 14.4. The van der Waals surface area contributed by atoms with Crippen LogP contribution in [0.2, 0.25) is 12.1 Å². The highest BCUT2D eigenvalue weighted by Crippen LogP contribution is 2.20. The van der Waals surface area contributed by atoms with Crippen molar-refractivity contribution in [1.82, 2.24) is 0 Å². The molecule has 150 valence electrons. The molecule has 0 bridgehead atoms. The molecule has 4 nitrogen and oxygen atoms in total. The van der Waals surface area contributed by atoms with Gasteiger partial charge in [0.25, 0.3) is 0 Å². The Morgan fingerprint density at radius 1 is 0.840 bits per heavy atom. The molecule has 0 aliphatic rings. The van der Waals surface area contributed by atoms with Crippen LogP contribution in [0.4, 0.5) is 0 Å². The van der Waals surface area contributed by atoms with E-state index in [0.717, 1.165) is 40.3 Å². The third-order valence-corrected chi connectivity index (χ3v) is 10.2. The highest BCUT2D eigenvalue weighted by atomic mass is 32.2. The maximum absolute atomic E-state index is 11.2. The number of carbonyl (C=O) groups is 1. The Kier molecular flexibility index (Phi) is 18.6. The van der Waals surface area contributed by atoms with Crippen LogP contribution in [0.25, 0.3) is 0 Å². The van der Waals surface area contributed by atoms with Crippen molar-refractivity contribution in [1.29, 1.82) is 0 Å². The molecule has 0 heterocycles. The van der Waals surface area contributed by atoms with Crippen molar-refractivity contribution in [3.05, 3.63) is 0 Å². The van der Waals surface area contributed by atoms with E-state index in [1.807, 2.05) is 32.5 Å². The van der Waals surface area contributed by atoms with Crippen LogP contribution in [-0.2, 0) is 18.1 Å². The molecule has 0 rings (SSSR count). The molecular formula is C17H38O4S2Si2. The number of rotatable bonds is 18. The van der Waals surface area contributed by atoms with E-state index < -0.39 is 8.80 Å². The number of carbonyl (C=O) groups excluding carboxylic acids is 1. The molecule has 0 radical (unpaired) electrons. The molecule has 0 aromatic rings. The highest BCUT2D eigenvalue weighted by Gasteiger charge is 2.39. The van der Waals surface area contributed by atoms with Gasteiger partial charge in [-0.05, 0) is 51.5 Å². The minimum Gasteiger partial charge on any atom is -0.374 e. The number of unbranched alkanes of at least 4 members (excludes halogenated alkanes) is 3. The second-order valence-electron chi connectivity index (χ2n) is 5.69. The van der Waals surface area contributed by atoms with E-state index in [9.17, 15) is 4.79 Å². The Morgan fingerprint density at radius 3 is 1.88 bits per heavy atom. The normalized spacial score (nSPS) is 12.0. The molecule has 8 heteroatoms. The van der Waals surface area contributed by atoms with Crippen LogP contribution < -0.4 is 0 Å². The molecule has 0 amide bonds. The van der Waals surface area contributed by atoms with Crippen LogP contribution in [0.5, 0.6) is 0 Å². The standard InChI is InChI=1S/C17H38O4S2Si2/c1-4-19-25(20-5-2,21-6-3)15-11-13-22-12-9-7-8-10-14-23-17(18)16-24/h4-16H2,1-3,24H3. The average Bonchev–Trinajstić information content (AvgIpc) is 2.60. The summed E-state index contributed by atoms with van der Waals surface area (Å²) in [6, 6.07) is 1.71. The SMILES string of the molecule is CCO[Si](CCCSCCCCCCSC(=O)C[SiH3])(OCC)OCC. The fraction of sp³-hybridized carbons (Fsp3) is 0.941. The molecule has 0 aromatic carbocycles. The highest BCUT2D eigenvalue weighted by molar-refractivity contribution is 8.13. The van der Waals surface area contributed by atoms with E-state index in [1.54, 1.807) is 0 Å². The fourth-order valence-corrected chi connectivity index (χ4v) is 7.66. The Hall–Kier alpha value is 0.684. The van der Waals surface area contributed by atoms with E-state index in [1.165, 1.54) is 43.2 Å². The summed E-state index contributed by atoms with van der Waals surface area (Å²) in [6.45, 7) is 7.99. The van der Waals surface area contributed by atoms with Crippen molar-refractivity contribution in [2.75, 3.05) is 37.1 Å². The quantitative estimate of drug-likeness (QED) is 0.246. The molecule has 0 unspecified atom stereocenters. The first-order valence-electron chi connectivity index (χ1n) is 9.79. The maximum Gasteiger partial charge on any atom is 0.500 e.